The van der Waals surface area contributed by atoms with E-state index < -0.39 is 0 Å². The van der Waals surface area contributed by atoms with Crippen LogP contribution in [-0.4, -0.2) is 31.1 Å². The number of benzene rings is 2. The van der Waals surface area contributed by atoms with Gasteiger partial charge in [-0.25, -0.2) is 0 Å². The van der Waals surface area contributed by atoms with Gasteiger partial charge in [0.05, 0.1) is 0 Å². The van der Waals surface area contributed by atoms with E-state index in [1.165, 1.54) is 24.9 Å². The minimum Gasteiger partial charge on any atom is -0.369 e. The molecule has 1 saturated heterocycles. The van der Waals surface area contributed by atoms with Gasteiger partial charge < -0.3 is 9.64 Å². The molecule has 1 heterocycles. The van der Waals surface area contributed by atoms with E-state index in [0.29, 0.717) is 6.04 Å². The summed E-state index contributed by atoms with van der Waals surface area (Å²) in [5, 5.41) is 0.758. The number of ether oxygens (including phenoxy) is 1. The van der Waals surface area contributed by atoms with Crippen molar-refractivity contribution >= 4 is 11.6 Å². The summed E-state index contributed by atoms with van der Waals surface area (Å²) in [4.78, 5) is 2.45. The Morgan fingerprint density at radius 2 is 1.78 bits per heavy atom. The number of hydrogen-bond donors (Lipinski definition) is 0. The number of nitrogens with zero attached hydrogens (tertiary/aromatic N) is 1. The van der Waals surface area contributed by atoms with Crippen molar-refractivity contribution in [3.63, 3.8) is 0 Å². The van der Waals surface area contributed by atoms with Crippen molar-refractivity contribution in [2.75, 3.05) is 20.2 Å². The Morgan fingerprint density at radius 3 is 2.43 bits per heavy atom. The van der Waals surface area contributed by atoms with Gasteiger partial charge in [0, 0.05) is 17.7 Å². The third-order valence-electron chi connectivity index (χ3n) is 4.68. The molecule has 1 aliphatic rings. The molecule has 122 valence electrons. The second-order valence-corrected chi connectivity index (χ2v) is 6.71. The second kappa shape index (κ2) is 7.96. The minimum absolute atomic E-state index is 0.0276. The van der Waals surface area contributed by atoms with E-state index in [2.05, 4.69) is 48.3 Å². The van der Waals surface area contributed by atoms with Crippen LogP contribution >= 0.6 is 11.6 Å². The van der Waals surface area contributed by atoms with Crippen molar-refractivity contribution in [1.82, 2.24) is 4.90 Å². The van der Waals surface area contributed by atoms with Crippen molar-refractivity contribution < 1.29 is 4.74 Å². The Kier molecular flexibility index (Phi) is 5.71. The molecule has 2 atom stereocenters. The standard InChI is InChI=1S/C20H24ClNO/c1-22-14-5-8-19(22)13-15-23-20(16-6-3-2-4-7-16)17-9-11-18(21)12-10-17/h2-4,6-7,9-12,19-20H,5,8,13-15H2,1H3. The lowest BCUT2D eigenvalue weighted by Crippen LogP contribution is -2.26. The van der Waals surface area contributed by atoms with Gasteiger partial charge in [0.2, 0.25) is 0 Å². The quantitative estimate of drug-likeness (QED) is 0.745. The molecule has 0 spiro atoms. The summed E-state index contributed by atoms with van der Waals surface area (Å²) >= 11 is 6.02. The fourth-order valence-corrected chi connectivity index (χ4v) is 3.44. The van der Waals surface area contributed by atoms with Gasteiger partial charge in [-0.2, -0.15) is 0 Å². The molecule has 3 rings (SSSR count). The lowest BCUT2D eigenvalue weighted by atomic mass is 10.0. The van der Waals surface area contributed by atoms with Crippen LogP contribution in [0, 0.1) is 0 Å². The molecule has 2 nitrogen and oxygen atoms in total. The molecule has 2 aromatic rings. The summed E-state index contributed by atoms with van der Waals surface area (Å²) in [5.41, 5.74) is 2.34. The van der Waals surface area contributed by atoms with Gasteiger partial charge in [-0.05, 0) is 56.1 Å². The zero-order valence-corrected chi connectivity index (χ0v) is 14.4. The van der Waals surface area contributed by atoms with Crippen LogP contribution in [0.15, 0.2) is 54.6 Å². The SMILES string of the molecule is CN1CCCC1CCOC(c1ccccc1)c1ccc(Cl)cc1. The van der Waals surface area contributed by atoms with E-state index in [1.807, 2.05) is 18.2 Å². The highest BCUT2D eigenvalue weighted by Crippen LogP contribution is 2.28. The fourth-order valence-electron chi connectivity index (χ4n) is 3.32. The number of rotatable bonds is 6. The van der Waals surface area contributed by atoms with E-state index >= 15 is 0 Å². The molecule has 2 unspecified atom stereocenters. The molecular weight excluding hydrogens is 306 g/mol. The Hall–Kier alpha value is -1.35. The maximum absolute atomic E-state index is 6.29. The predicted octanol–water partition coefficient (Wildman–Crippen LogP) is 4.93. The molecular formula is C20H24ClNO. The normalized spacial score (nSPS) is 19.8. The molecule has 0 amide bonds. The third kappa shape index (κ3) is 4.35. The summed E-state index contributed by atoms with van der Waals surface area (Å²) in [6, 6.07) is 19.1. The molecule has 0 bridgehead atoms. The molecule has 0 N–H and O–H groups in total. The monoisotopic (exact) mass is 329 g/mol. The van der Waals surface area contributed by atoms with E-state index in [4.69, 9.17) is 16.3 Å². The smallest absolute Gasteiger partial charge is 0.108 e. The first-order valence-electron chi connectivity index (χ1n) is 8.36. The molecule has 0 aromatic heterocycles. The van der Waals surface area contributed by atoms with E-state index in [0.717, 1.165) is 23.6 Å². The molecule has 0 radical (unpaired) electrons. The highest BCUT2D eigenvalue weighted by atomic mass is 35.5. The number of halogens is 1. The second-order valence-electron chi connectivity index (χ2n) is 6.28. The zero-order chi connectivity index (χ0) is 16.1. The first-order chi connectivity index (χ1) is 11.2. The lowest BCUT2D eigenvalue weighted by Gasteiger charge is -2.23. The number of hydrogen-bond acceptors (Lipinski definition) is 2. The van der Waals surface area contributed by atoms with Crippen LogP contribution in [0.3, 0.4) is 0 Å². The van der Waals surface area contributed by atoms with Crippen LogP contribution < -0.4 is 0 Å². The summed E-state index contributed by atoms with van der Waals surface area (Å²) in [7, 11) is 2.21. The van der Waals surface area contributed by atoms with Gasteiger partial charge in [-0.15, -0.1) is 0 Å². The highest BCUT2D eigenvalue weighted by molar-refractivity contribution is 6.30. The molecule has 2 aromatic carbocycles. The van der Waals surface area contributed by atoms with Crippen LogP contribution in [0.4, 0.5) is 0 Å². The average Bonchev–Trinajstić information content (AvgIpc) is 2.99. The van der Waals surface area contributed by atoms with Gasteiger partial charge in [-0.1, -0.05) is 54.1 Å². The van der Waals surface area contributed by atoms with Crippen molar-refractivity contribution in [3.05, 3.63) is 70.7 Å². The Bertz CT molecular complexity index is 599. The van der Waals surface area contributed by atoms with Crippen molar-refractivity contribution in [2.24, 2.45) is 0 Å². The van der Waals surface area contributed by atoms with Gasteiger partial charge in [0.1, 0.15) is 6.10 Å². The predicted molar refractivity (Wildman–Crippen MR) is 96.0 cm³/mol. The summed E-state index contributed by atoms with van der Waals surface area (Å²) in [6.07, 6.45) is 3.66. The van der Waals surface area contributed by atoms with Crippen LogP contribution in [0.2, 0.25) is 5.02 Å². The molecule has 1 fully saturated rings. The van der Waals surface area contributed by atoms with Crippen LogP contribution in [0.25, 0.3) is 0 Å². The highest BCUT2D eigenvalue weighted by Gasteiger charge is 2.21. The van der Waals surface area contributed by atoms with Crippen molar-refractivity contribution in [2.45, 2.75) is 31.4 Å². The van der Waals surface area contributed by atoms with Crippen LogP contribution in [-0.2, 0) is 4.74 Å². The largest absolute Gasteiger partial charge is 0.369 e. The van der Waals surface area contributed by atoms with Gasteiger partial charge >= 0.3 is 0 Å². The topological polar surface area (TPSA) is 12.5 Å². The molecule has 1 aliphatic heterocycles. The maximum Gasteiger partial charge on any atom is 0.108 e. The number of likely N-dealkylation sites (tertiary alicyclic amines) is 1. The average molecular weight is 330 g/mol. The summed E-state index contributed by atoms with van der Waals surface area (Å²) < 4.78 is 6.29. The molecule has 23 heavy (non-hydrogen) atoms. The van der Waals surface area contributed by atoms with Crippen molar-refractivity contribution in [3.8, 4) is 0 Å². The molecule has 3 heteroatoms. The Balaban J connectivity index is 1.69. The maximum atomic E-state index is 6.29. The van der Waals surface area contributed by atoms with Gasteiger partial charge in [-0.3, -0.25) is 0 Å². The van der Waals surface area contributed by atoms with E-state index in [-0.39, 0.29) is 6.10 Å². The molecule has 0 aliphatic carbocycles. The first kappa shape index (κ1) is 16.5. The Labute approximate surface area is 144 Å². The lowest BCUT2D eigenvalue weighted by molar-refractivity contribution is 0.0661. The first-order valence-corrected chi connectivity index (χ1v) is 8.74. The minimum atomic E-state index is -0.0276. The fraction of sp³-hybridized carbons (Fsp3) is 0.400. The van der Waals surface area contributed by atoms with Gasteiger partial charge in [0.15, 0.2) is 0 Å². The van der Waals surface area contributed by atoms with Gasteiger partial charge in [0.25, 0.3) is 0 Å². The van der Waals surface area contributed by atoms with Crippen LogP contribution in [0.5, 0.6) is 0 Å². The zero-order valence-electron chi connectivity index (χ0n) is 13.6. The van der Waals surface area contributed by atoms with E-state index in [9.17, 15) is 0 Å². The summed E-state index contributed by atoms with van der Waals surface area (Å²) in [6.45, 7) is 1.99. The molecule has 0 saturated carbocycles. The van der Waals surface area contributed by atoms with E-state index in [1.54, 1.807) is 0 Å². The van der Waals surface area contributed by atoms with Crippen molar-refractivity contribution in [1.29, 1.82) is 0 Å². The summed E-state index contributed by atoms with van der Waals surface area (Å²) in [5.74, 6) is 0. The Morgan fingerprint density at radius 1 is 1.09 bits per heavy atom. The van der Waals surface area contributed by atoms with Crippen LogP contribution in [0.1, 0.15) is 36.5 Å². The third-order valence-corrected chi connectivity index (χ3v) is 4.93.